The predicted octanol–water partition coefficient (Wildman–Crippen LogP) is 2.89. The molecular weight excluding hydrogens is 368 g/mol. The molecule has 0 atom stereocenters. The fourth-order valence-electron chi connectivity index (χ4n) is 2.85. The van der Waals surface area contributed by atoms with E-state index in [1.807, 2.05) is 55.5 Å². The van der Waals surface area contributed by atoms with Gasteiger partial charge >= 0.3 is 0 Å². The lowest BCUT2D eigenvalue weighted by atomic mass is 10.2. The molecule has 0 aliphatic rings. The van der Waals surface area contributed by atoms with Gasteiger partial charge in [-0.2, -0.15) is 5.10 Å². The Morgan fingerprint density at radius 2 is 1.83 bits per heavy atom. The molecule has 1 aromatic heterocycles. The van der Waals surface area contributed by atoms with E-state index in [-0.39, 0.29) is 6.61 Å². The van der Waals surface area contributed by atoms with E-state index in [1.165, 1.54) is 11.8 Å². The summed E-state index contributed by atoms with van der Waals surface area (Å²) in [7, 11) is 0. The third-order valence-corrected chi connectivity index (χ3v) is 4.52. The van der Waals surface area contributed by atoms with E-state index in [1.54, 1.807) is 11.6 Å². The van der Waals surface area contributed by atoms with Crippen LogP contribution in [0, 0.1) is 13.8 Å². The number of amides is 2. The van der Waals surface area contributed by atoms with Crippen LogP contribution in [0.2, 0.25) is 0 Å². The lowest BCUT2D eigenvalue weighted by Crippen LogP contribution is -2.44. The van der Waals surface area contributed by atoms with Crippen LogP contribution in [0.15, 0.2) is 54.7 Å². The average Bonchev–Trinajstić information content (AvgIpc) is 3.12. The van der Waals surface area contributed by atoms with Gasteiger partial charge in [-0.3, -0.25) is 20.4 Å². The molecule has 0 saturated heterocycles. The van der Waals surface area contributed by atoms with Crippen LogP contribution in [-0.4, -0.2) is 28.2 Å². The lowest BCUT2D eigenvalue weighted by Gasteiger charge is -2.09. The summed E-state index contributed by atoms with van der Waals surface area (Å²) in [6.07, 6.45) is 2.41. The molecule has 150 valence electrons. The number of hydrazine groups is 1. The number of nitrogens with zero attached hydrogens (tertiary/aromatic N) is 2. The summed E-state index contributed by atoms with van der Waals surface area (Å²) in [6, 6.07) is 15.3. The molecule has 0 aliphatic carbocycles. The summed E-state index contributed by atoms with van der Waals surface area (Å²) in [5.74, 6) is -0.303. The standard InChI is InChI=1S/C22H24N4O3/c1-4-17-8-10-19(11-9-17)29-14-21(27)24-25-22(28)20-13-23-26(16(20)3)18-7-5-6-15(2)12-18/h5-13H,4,14H2,1-3H3,(H,24,27)(H,25,28). The molecule has 0 saturated carbocycles. The molecule has 29 heavy (non-hydrogen) atoms. The average molecular weight is 392 g/mol. The molecule has 0 radical (unpaired) electrons. The number of aromatic nitrogens is 2. The zero-order chi connectivity index (χ0) is 20.8. The van der Waals surface area contributed by atoms with Crippen molar-refractivity contribution in [3.05, 3.63) is 77.1 Å². The van der Waals surface area contributed by atoms with Gasteiger partial charge in [0.05, 0.1) is 23.1 Å². The zero-order valence-electron chi connectivity index (χ0n) is 16.7. The van der Waals surface area contributed by atoms with Crippen molar-refractivity contribution in [2.75, 3.05) is 6.61 Å². The van der Waals surface area contributed by atoms with Gasteiger partial charge in [-0.25, -0.2) is 4.68 Å². The molecule has 7 heteroatoms. The molecule has 0 fully saturated rings. The van der Waals surface area contributed by atoms with Crippen LogP contribution in [0.5, 0.6) is 5.75 Å². The smallest absolute Gasteiger partial charge is 0.276 e. The SMILES string of the molecule is CCc1ccc(OCC(=O)NNC(=O)c2cnn(-c3cccc(C)c3)c2C)cc1. The van der Waals surface area contributed by atoms with Crippen molar-refractivity contribution in [1.82, 2.24) is 20.6 Å². The van der Waals surface area contributed by atoms with E-state index in [0.29, 0.717) is 17.0 Å². The number of nitrogens with one attached hydrogen (secondary N) is 2. The number of carbonyl (C=O) groups excluding carboxylic acids is 2. The van der Waals surface area contributed by atoms with E-state index in [2.05, 4.69) is 22.9 Å². The molecule has 7 nitrogen and oxygen atoms in total. The van der Waals surface area contributed by atoms with Crippen molar-refractivity contribution in [1.29, 1.82) is 0 Å². The summed E-state index contributed by atoms with van der Waals surface area (Å²) >= 11 is 0. The van der Waals surface area contributed by atoms with E-state index >= 15 is 0 Å². The fourth-order valence-corrected chi connectivity index (χ4v) is 2.85. The quantitative estimate of drug-likeness (QED) is 0.632. The Balaban J connectivity index is 1.54. The third-order valence-electron chi connectivity index (χ3n) is 4.52. The summed E-state index contributed by atoms with van der Waals surface area (Å²) in [4.78, 5) is 24.4. The van der Waals surface area contributed by atoms with E-state index in [4.69, 9.17) is 4.74 Å². The van der Waals surface area contributed by atoms with Crippen molar-refractivity contribution < 1.29 is 14.3 Å². The topological polar surface area (TPSA) is 85.2 Å². The predicted molar refractivity (Wildman–Crippen MR) is 110 cm³/mol. The minimum absolute atomic E-state index is 0.201. The molecule has 0 unspecified atom stereocenters. The lowest BCUT2D eigenvalue weighted by molar-refractivity contribution is -0.123. The minimum atomic E-state index is -0.457. The maximum atomic E-state index is 12.4. The third kappa shape index (κ3) is 5.01. The first-order chi connectivity index (χ1) is 14.0. The Kier molecular flexibility index (Phi) is 6.29. The highest BCUT2D eigenvalue weighted by molar-refractivity contribution is 5.96. The van der Waals surface area contributed by atoms with Gasteiger partial charge in [-0.1, -0.05) is 31.2 Å². The summed E-state index contributed by atoms with van der Waals surface area (Å²) in [6.45, 7) is 5.66. The van der Waals surface area contributed by atoms with Crippen LogP contribution >= 0.6 is 0 Å². The van der Waals surface area contributed by atoms with Gasteiger partial charge in [0, 0.05) is 0 Å². The van der Waals surface area contributed by atoms with Crippen LogP contribution in [0.4, 0.5) is 0 Å². The first-order valence-electron chi connectivity index (χ1n) is 9.40. The Bertz CT molecular complexity index is 1010. The second-order valence-corrected chi connectivity index (χ2v) is 6.68. The van der Waals surface area contributed by atoms with Crippen LogP contribution in [0.3, 0.4) is 0 Å². The van der Waals surface area contributed by atoms with Crippen LogP contribution in [0.1, 0.15) is 34.1 Å². The second kappa shape index (κ2) is 9.05. The number of carbonyl (C=O) groups is 2. The highest BCUT2D eigenvalue weighted by atomic mass is 16.5. The van der Waals surface area contributed by atoms with E-state index in [0.717, 1.165) is 17.7 Å². The van der Waals surface area contributed by atoms with Gasteiger partial charge in [-0.15, -0.1) is 0 Å². The molecule has 1 heterocycles. The number of aryl methyl sites for hydroxylation is 2. The van der Waals surface area contributed by atoms with E-state index in [9.17, 15) is 9.59 Å². The maximum absolute atomic E-state index is 12.4. The minimum Gasteiger partial charge on any atom is -0.484 e. The highest BCUT2D eigenvalue weighted by Crippen LogP contribution is 2.15. The highest BCUT2D eigenvalue weighted by Gasteiger charge is 2.16. The Labute approximate surface area is 169 Å². The Morgan fingerprint density at radius 3 is 2.52 bits per heavy atom. The van der Waals surface area contributed by atoms with Gasteiger partial charge in [0.25, 0.3) is 11.8 Å². The first kappa shape index (κ1) is 20.1. The largest absolute Gasteiger partial charge is 0.484 e. The first-order valence-corrected chi connectivity index (χ1v) is 9.40. The summed E-state index contributed by atoms with van der Waals surface area (Å²) in [5, 5.41) is 4.28. The number of benzene rings is 2. The van der Waals surface area contributed by atoms with Crippen molar-refractivity contribution in [2.24, 2.45) is 0 Å². The second-order valence-electron chi connectivity index (χ2n) is 6.68. The van der Waals surface area contributed by atoms with Crippen molar-refractivity contribution in [3.8, 4) is 11.4 Å². The van der Waals surface area contributed by atoms with Gasteiger partial charge in [0.1, 0.15) is 5.75 Å². The molecule has 0 aliphatic heterocycles. The fraction of sp³-hybridized carbons (Fsp3) is 0.227. The van der Waals surface area contributed by atoms with Crippen LogP contribution in [0.25, 0.3) is 5.69 Å². The monoisotopic (exact) mass is 392 g/mol. The summed E-state index contributed by atoms with van der Waals surface area (Å²) in [5.41, 5.74) is 8.97. The van der Waals surface area contributed by atoms with Crippen LogP contribution < -0.4 is 15.6 Å². The number of rotatable bonds is 6. The van der Waals surface area contributed by atoms with E-state index < -0.39 is 11.8 Å². The molecule has 2 N–H and O–H groups in total. The number of hydrogen-bond acceptors (Lipinski definition) is 4. The van der Waals surface area contributed by atoms with Crippen molar-refractivity contribution >= 4 is 11.8 Å². The molecule has 0 bridgehead atoms. The molecule has 0 spiro atoms. The Morgan fingerprint density at radius 1 is 1.07 bits per heavy atom. The van der Waals surface area contributed by atoms with Gasteiger partial charge in [-0.05, 0) is 55.7 Å². The van der Waals surface area contributed by atoms with Crippen molar-refractivity contribution in [3.63, 3.8) is 0 Å². The zero-order valence-corrected chi connectivity index (χ0v) is 16.7. The maximum Gasteiger partial charge on any atom is 0.276 e. The van der Waals surface area contributed by atoms with Crippen molar-refractivity contribution in [2.45, 2.75) is 27.2 Å². The molecule has 2 aromatic carbocycles. The number of hydrogen-bond donors (Lipinski definition) is 2. The summed E-state index contributed by atoms with van der Waals surface area (Å²) < 4.78 is 7.11. The molecular formula is C22H24N4O3. The molecule has 2 amide bonds. The van der Waals surface area contributed by atoms with Crippen LogP contribution in [-0.2, 0) is 11.2 Å². The van der Waals surface area contributed by atoms with Gasteiger partial charge in [0.2, 0.25) is 0 Å². The molecule has 3 aromatic rings. The Hall–Kier alpha value is -3.61. The van der Waals surface area contributed by atoms with Gasteiger partial charge in [0.15, 0.2) is 6.61 Å². The number of ether oxygens (including phenoxy) is 1. The molecule has 3 rings (SSSR count). The van der Waals surface area contributed by atoms with Gasteiger partial charge < -0.3 is 4.74 Å². The normalized spacial score (nSPS) is 10.4.